The molecule has 0 spiro atoms. The van der Waals surface area contributed by atoms with Crippen LogP contribution in [0.5, 0.6) is 0 Å². The maximum atomic E-state index is 11.6. The largest absolute Gasteiger partial charge is 0.393 e. The Bertz CT molecular complexity index is 431. The van der Waals surface area contributed by atoms with Crippen LogP contribution in [0.3, 0.4) is 0 Å². The molecule has 2 N–H and O–H groups in total. The van der Waals surface area contributed by atoms with Crippen molar-refractivity contribution in [3.63, 3.8) is 0 Å². The summed E-state index contributed by atoms with van der Waals surface area (Å²) in [5.74, 6) is 0. The standard InChI is InChI=1S/C9H15N3O2/c1-3-5-11-6-7(10)8(13)12(4-2)9(11)14/h6H,3-5,10H2,1-2H3. The summed E-state index contributed by atoms with van der Waals surface area (Å²) in [5, 5.41) is 0. The quantitative estimate of drug-likeness (QED) is 0.742. The third-order valence-electron chi connectivity index (χ3n) is 2.04. The molecule has 0 bridgehead atoms. The Hall–Kier alpha value is -1.52. The van der Waals surface area contributed by atoms with Crippen molar-refractivity contribution < 1.29 is 0 Å². The van der Waals surface area contributed by atoms with Crippen LogP contribution >= 0.6 is 0 Å². The van der Waals surface area contributed by atoms with Gasteiger partial charge in [-0.1, -0.05) is 6.92 Å². The zero-order valence-corrected chi connectivity index (χ0v) is 8.49. The van der Waals surface area contributed by atoms with Crippen molar-refractivity contribution in [3.05, 3.63) is 27.0 Å². The normalized spacial score (nSPS) is 10.4. The van der Waals surface area contributed by atoms with Gasteiger partial charge in [0.1, 0.15) is 5.69 Å². The summed E-state index contributed by atoms with van der Waals surface area (Å²) >= 11 is 0. The lowest BCUT2D eigenvalue weighted by Crippen LogP contribution is -2.40. The SMILES string of the molecule is CCCn1cc(N)c(=O)n(CC)c1=O. The summed E-state index contributed by atoms with van der Waals surface area (Å²) in [6.45, 7) is 4.65. The number of hydrogen-bond acceptors (Lipinski definition) is 3. The first-order valence-corrected chi connectivity index (χ1v) is 4.71. The maximum Gasteiger partial charge on any atom is 0.331 e. The Balaban J connectivity index is 3.43. The highest BCUT2D eigenvalue weighted by atomic mass is 16.2. The number of nitrogen functional groups attached to an aromatic ring is 1. The van der Waals surface area contributed by atoms with Gasteiger partial charge in [-0.05, 0) is 13.3 Å². The van der Waals surface area contributed by atoms with Gasteiger partial charge in [0.25, 0.3) is 5.56 Å². The molecular weight excluding hydrogens is 182 g/mol. The predicted octanol–water partition coefficient (Wildman–Crippen LogP) is 0.0221. The van der Waals surface area contributed by atoms with E-state index in [1.807, 2.05) is 6.92 Å². The number of anilines is 1. The highest BCUT2D eigenvalue weighted by Crippen LogP contribution is 1.91. The Morgan fingerprint density at radius 2 is 2.00 bits per heavy atom. The molecule has 0 saturated heterocycles. The van der Waals surface area contributed by atoms with Gasteiger partial charge in [-0.3, -0.25) is 13.9 Å². The third-order valence-corrected chi connectivity index (χ3v) is 2.04. The second-order valence-corrected chi connectivity index (χ2v) is 3.11. The van der Waals surface area contributed by atoms with Crippen molar-refractivity contribution in [2.45, 2.75) is 33.4 Å². The van der Waals surface area contributed by atoms with Crippen molar-refractivity contribution in [2.75, 3.05) is 5.73 Å². The molecule has 1 aromatic rings. The van der Waals surface area contributed by atoms with Gasteiger partial charge >= 0.3 is 5.69 Å². The second kappa shape index (κ2) is 4.13. The zero-order chi connectivity index (χ0) is 10.7. The minimum atomic E-state index is -0.398. The van der Waals surface area contributed by atoms with Crippen molar-refractivity contribution in [3.8, 4) is 0 Å². The minimum Gasteiger partial charge on any atom is -0.393 e. The van der Waals surface area contributed by atoms with Crippen LogP contribution in [0.25, 0.3) is 0 Å². The zero-order valence-electron chi connectivity index (χ0n) is 8.49. The molecule has 0 radical (unpaired) electrons. The Kier molecular flexibility index (Phi) is 3.11. The van der Waals surface area contributed by atoms with E-state index in [1.165, 1.54) is 10.8 Å². The molecule has 0 aliphatic rings. The van der Waals surface area contributed by atoms with Crippen LogP contribution in [0, 0.1) is 0 Å². The molecule has 78 valence electrons. The van der Waals surface area contributed by atoms with Crippen molar-refractivity contribution >= 4 is 5.69 Å². The molecule has 1 heterocycles. The fourth-order valence-corrected chi connectivity index (χ4v) is 1.36. The number of aryl methyl sites for hydroxylation is 1. The number of aromatic nitrogens is 2. The van der Waals surface area contributed by atoms with Gasteiger partial charge in [-0.15, -0.1) is 0 Å². The fraction of sp³-hybridized carbons (Fsp3) is 0.556. The van der Waals surface area contributed by atoms with Gasteiger partial charge < -0.3 is 5.73 Å². The third kappa shape index (κ3) is 1.71. The average Bonchev–Trinajstić information content (AvgIpc) is 2.16. The molecule has 0 amide bonds. The van der Waals surface area contributed by atoms with Gasteiger partial charge in [0.15, 0.2) is 0 Å². The van der Waals surface area contributed by atoms with Gasteiger partial charge in [0.2, 0.25) is 0 Å². The predicted molar refractivity (Wildman–Crippen MR) is 55.3 cm³/mol. The lowest BCUT2D eigenvalue weighted by Gasteiger charge is -2.08. The number of nitrogens with zero attached hydrogens (tertiary/aromatic N) is 2. The van der Waals surface area contributed by atoms with Gasteiger partial charge in [-0.25, -0.2) is 4.79 Å². The molecule has 0 unspecified atom stereocenters. The summed E-state index contributed by atoms with van der Waals surface area (Å²) in [5.41, 5.74) is 4.95. The topological polar surface area (TPSA) is 70.0 Å². The lowest BCUT2D eigenvalue weighted by atomic mass is 10.4. The number of rotatable bonds is 3. The number of hydrogen-bond donors (Lipinski definition) is 1. The van der Waals surface area contributed by atoms with Gasteiger partial charge in [-0.2, -0.15) is 0 Å². The summed E-state index contributed by atoms with van der Waals surface area (Å²) in [4.78, 5) is 23.0. The molecule has 14 heavy (non-hydrogen) atoms. The van der Waals surface area contributed by atoms with Crippen molar-refractivity contribution in [2.24, 2.45) is 0 Å². The molecule has 0 aliphatic carbocycles. The maximum absolute atomic E-state index is 11.6. The molecule has 5 heteroatoms. The molecule has 0 saturated carbocycles. The van der Waals surface area contributed by atoms with E-state index in [2.05, 4.69) is 0 Å². The summed E-state index contributed by atoms with van der Waals surface area (Å²) in [6.07, 6.45) is 2.25. The van der Waals surface area contributed by atoms with E-state index in [4.69, 9.17) is 5.73 Å². The molecule has 5 nitrogen and oxygen atoms in total. The molecule has 1 aromatic heterocycles. The second-order valence-electron chi connectivity index (χ2n) is 3.11. The van der Waals surface area contributed by atoms with Crippen LogP contribution in [0.15, 0.2) is 15.8 Å². The monoisotopic (exact) mass is 197 g/mol. The van der Waals surface area contributed by atoms with Gasteiger partial charge in [0, 0.05) is 19.3 Å². The highest BCUT2D eigenvalue weighted by molar-refractivity contribution is 5.30. The van der Waals surface area contributed by atoms with Gasteiger partial charge in [0.05, 0.1) is 0 Å². The highest BCUT2D eigenvalue weighted by Gasteiger charge is 2.06. The first-order valence-electron chi connectivity index (χ1n) is 4.71. The first-order chi connectivity index (χ1) is 6.61. The first kappa shape index (κ1) is 10.6. The van der Waals surface area contributed by atoms with E-state index in [1.54, 1.807) is 6.92 Å². The Labute approximate surface area is 81.8 Å². The van der Waals surface area contributed by atoms with E-state index >= 15 is 0 Å². The minimum absolute atomic E-state index is 0.125. The Morgan fingerprint density at radius 1 is 1.36 bits per heavy atom. The Morgan fingerprint density at radius 3 is 2.50 bits per heavy atom. The average molecular weight is 197 g/mol. The van der Waals surface area contributed by atoms with E-state index < -0.39 is 5.56 Å². The molecule has 0 fully saturated rings. The smallest absolute Gasteiger partial charge is 0.331 e. The van der Waals surface area contributed by atoms with Crippen LogP contribution < -0.4 is 17.0 Å². The molecule has 0 atom stereocenters. The lowest BCUT2D eigenvalue weighted by molar-refractivity contribution is 0.564. The van der Waals surface area contributed by atoms with Crippen LogP contribution in [-0.4, -0.2) is 9.13 Å². The van der Waals surface area contributed by atoms with E-state index in [0.29, 0.717) is 13.1 Å². The molecule has 1 rings (SSSR count). The van der Waals surface area contributed by atoms with Crippen LogP contribution in [-0.2, 0) is 13.1 Å². The van der Waals surface area contributed by atoms with Crippen molar-refractivity contribution in [1.29, 1.82) is 0 Å². The molecular formula is C9H15N3O2. The molecule has 0 aromatic carbocycles. The summed E-state index contributed by atoms with van der Waals surface area (Å²) in [7, 11) is 0. The summed E-state index contributed by atoms with van der Waals surface area (Å²) < 4.78 is 2.62. The van der Waals surface area contributed by atoms with E-state index in [9.17, 15) is 9.59 Å². The van der Waals surface area contributed by atoms with Crippen LogP contribution in [0.2, 0.25) is 0 Å². The summed E-state index contributed by atoms with van der Waals surface area (Å²) in [6, 6.07) is 0. The van der Waals surface area contributed by atoms with Crippen LogP contribution in [0.4, 0.5) is 5.69 Å². The van der Waals surface area contributed by atoms with Crippen molar-refractivity contribution in [1.82, 2.24) is 9.13 Å². The number of nitrogens with two attached hydrogens (primary N) is 1. The fourth-order valence-electron chi connectivity index (χ4n) is 1.36. The van der Waals surface area contributed by atoms with E-state index in [0.717, 1.165) is 11.0 Å². The van der Waals surface area contributed by atoms with E-state index in [-0.39, 0.29) is 11.4 Å². The van der Waals surface area contributed by atoms with Crippen LogP contribution in [0.1, 0.15) is 20.3 Å². The molecule has 0 aliphatic heterocycles.